The molecule has 0 bridgehead atoms. The summed E-state index contributed by atoms with van der Waals surface area (Å²) in [4.78, 5) is 7.99. The highest BCUT2D eigenvalue weighted by atomic mass is 32.1. The maximum absolute atomic E-state index is 2.78. The summed E-state index contributed by atoms with van der Waals surface area (Å²) in [5, 5.41) is 4.52. The van der Waals surface area contributed by atoms with Crippen LogP contribution in [0.1, 0.15) is 23.1 Å². The quantitative estimate of drug-likeness (QED) is 0.525. The highest BCUT2D eigenvalue weighted by Crippen LogP contribution is 2.25. The molecule has 5 rings (SSSR count). The molecule has 4 heteroatoms. The second-order valence-electron chi connectivity index (χ2n) is 8.94. The van der Waals surface area contributed by atoms with Crippen molar-refractivity contribution in [1.82, 2.24) is 9.80 Å². The number of aryl methyl sites for hydroxylation is 1. The van der Waals surface area contributed by atoms with Crippen molar-refractivity contribution in [2.24, 2.45) is 0 Å². The van der Waals surface area contributed by atoms with Crippen LogP contribution in [-0.2, 0) is 19.3 Å². The van der Waals surface area contributed by atoms with E-state index in [0.29, 0.717) is 6.04 Å². The van der Waals surface area contributed by atoms with Gasteiger partial charge in [0.05, 0.1) is 6.67 Å². The zero-order chi connectivity index (χ0) is 20.9. The summed E-state index contributed by atoms with van der Waals surface area (Å²) in [6.07, 6.45) is 4.86. The van der Waals surface area contributed by atoms with Crippen LogP contribution in [0.4, 0.5) is 5.69 Å². The Bertz CT molecular complexity index is 932. The summed E-state index contributed by atoms with van der Waals surface area (Å²) in [6.45, 7) is 6.79. The van der Waals surface area contributed by atoms with Gasteiger partial charge in [0.15, 0.2) is 0 Å². The Kier molecular flexibility index (Phi) is 6.68. The van der Waals surface area contributed by atoms with Gasteiger partial charge in [-0.25, -0.2) is 0 Å². The summed E-state index contributed by atoms with van der Waals surface area (Å²) in [7, 11) is 0. The third kappa shape index (κ3) is 5.20. The van der Waals surface area contributed by atoms with Crippen LogP contribution in [0.25, 0.3) is 0 Å². The molecular formula is C27H33N3S. The number of nitrogens with zero attached hydrogens (tertiary/aromatic N) is 3. The fraction of sp³-hybridized carbons (Fsp3) is 0.407. The van der Waals surface area contributed by atoms with E-state index < -0.39 is 0 Å². The Morgan fingerprint density at radius 3 is 2.42 bits per heavy atom. The van der Waals surface area contributed by atoms with Crippen LogP contribution in [0.5, 0.6) is 0 Å². The monoisotopic (exact) mass is 431 g/mol. The van der Waals surface area contributed by atoms with Crippen molar-refractivity contribution in [2.75, 3.05) is 44.3 Å². The fourth-order valence-corrected chi connectivity index (χ4v) is 5.81. The normalized spacial score (nSPS) is 19.5. The van der Waals surface area contributed by atoms with E-state index in [2.05, 4.69) is 86.1 Å². The zero-order valence-electron chi connectivity index (χ0n) is 18.3. The SMILES string of the molecule is c1ccc(N2CCN(CN(CCc3ccsc3)C3CCc4ccccc4C3)CC2)cc1. The maximum Gasteiger partial charge on any atom is 0.0510 e. The van der Waals surface area contributed by atoms with E-state index in [9.17, 15) is 0 Å². The Labute approximate surface area is 190 Å². The molecule has 1 unspecified atom stereocenters. The molecule has 0 N–H and O–H groups in total. The van der Waals surface area contributed by atoms with E-state index in [4.69, 9.17) is 0 Å². The van der Waals surface area contributed by atoms with Gasteiger partial charge in [-0.2, -0.15) is 11.3 Å². The minimum Gasteiger partial charge on any atom is -0.369 e. The Hall–Kier alpha value is -2.14. The van der Waals surface area contributed by atoms with Gasteiger partial charge < -0.3 is 4.90 Å². The van der Waals surface area contributed by atoms with Crippen LogP contribution in [0, 0.1) is 0 Å². The molecule has 3 aromatic rings. The summed E-state index contributed by atoms with van der Waals surface area (Å²) in [6, 6.07) is 22.9. The molecule has 162 valence electrons. The van der Waals surface area contributed by atoms with Crippen LogP contribution in [0.15, 0.2) is 71.4 Å². The summed E-state index contributed by atoms with van der Waals surface area (Å²) in [5.41, 5.74) is 5.97. The Balaban J connectivity index is 1.23. The second-order valence-corrected chi connectivity index (χ2v) is 9.72. The van der Waals surface area contributed by atoms with Crippen LogP contribution < -0.4 is 4.90 Å². The van der Waals surface area contributed by atoms with Gasteiger partial charge in [-0.05, 0) is 71.3 Å². The van der Waals surface area contributed by atoms with Gasteiger partial charge in [0.25, 0.3) is 0 Å². The summed E-state index contributed by atoms with van der Waals surface area (Å²) < 4.78 is 0. The van der Waals surface area contributed by atoms with Crippen LogP contribution in [0.3, 0.4) is 0 Å². The first kappa shape index (κ1) is 20.7. The molecule has 0 amide bonds. The van der Waals surface area contributed by atoms with Gasteiger partial charge in [0.2, 0.25) is 0 Å². The number of rotatable bonds is 7. The van der Waals surface area contributed by atoms with Crippen molar-refractivity contribution in [3.05, 3.63) is 88.1 Å². The molecule has 2 aromatic carbocycles. The lowest BCUT2D eigenvalue weighted by atomic mass is 9.87. The van der Waals surface area contributed by atoms with Crippen molar-refractivity contribution in [1.29, 1.82) is 0 Å². The van der Waals surface area contributed by atoms with Gasteiger partial charge in [-0.1, -0.05) is 42.5 Å². The molecule has 0 saturated carbocycles. The first-order chi connectivity index (χ1) is 15.3. The fourth-order valence-electron chi connectivity index (χ4n) is 5.11. The van der Waals surface area contributed by atoms with E-state index in [1.807, 2.05) is 11.3 Å². The molecule has 1 aromatic heterocycles. The second kappa shape index (κ2) is 9.99. The zero-order valence-corrected chi connectivity index (χ0v) is 19.1. The number of fused-ring (bicyclic) bond motifs is 1. The molecule has 0 spiro atoms. The number of piperazine rings is 1. The molecular weight excluding hydrogens is 398 g/mol. The largest absolute Gasteiger partial charge is 0.369 e. The summed E-state index contributed by atoms with van der Waals surface area (Å²) >= 11 is 1.82. The number of thiophene rings is 1. The van der Waals surface area contributed by atoms with Gasteiger partial charge >= 0.3 is 0 Å². The number of anilines is 1. The molecule has 2 heterocycles. The predicted molar refractivity (Wildman–Crippen MR) is 132 cm³/mol. The lowest BCUT2D eigenvalue weighted by Gasteiger charge is -2.42. The first-order valence-corrected chi connectivity index (χ1v) is 12.6. The molecule has 1 aliphatic carbocycles. The topological polar surface area (TPSA) is 9.72 Å². The molecule has 0 radical (unpaired) electrons. The van der Waals surface area contributed by atoms with E-state index in [-0.39, 0.29) is 0 Å². The van der Waals surface area contributed by atoms with Gasteiger partial charge in [0.1, 0.15) is 0 Å². The molecule has 1 saturated heterocycles. The van der Waals surface area contributed by atoms with Crippen molar-refractivity contribution < 1.29 is 0 Å². The van der Waals surface area contributed by atoms with Crippen LogP contribution in [0.2, 0.25) is 0 Å². The lowest BCUT2D eigenvalue weighted by molar-refractivity contribution is 0.0822. The van der Waals surface area contributed by atoms with Gasteiger partial charge in [-0.15, -0.1) is 0 Å². The van der Waals surface area contributed by atoms with E-state index in [0.717, 1.165) is 45.8 Å². The Morgan fingerprint density at radius 2 is 1.65 bits per heavy atom. The van der Waals surface area contributed by atoms with Crippen molar-refractivity contribution in [3.8, 4) is 0 Å². The van der Waals surface area contributed by atoms with Crippen molar-refractivity contribution in [3.63, 3.8) is 0 Å². The third-order valence-corrected chi connectivity index (χ3v) is 7.71. The average Bonchev–Trinajstić information content (AvgIpc) is 3.36. The van der Waals surface area contributed by atoms with Gasteiger partial charge in [0, 0.05) is 44.5 Å². The van der Waals surface area contributed by atoms with Gasteiger partial charge in [-0.3, -0.25) is 9.80 Å². The minimum absolute atomic E-state index is 0.653. The average molecular weight is 432 g/mol. The maximum atomic E-state index is 2.78. The van der Waals surface area contributed by atoms with E-state index >= 15 is 0 Å². The molecule has 1 atom stereocenters. The Morgan fingerprint density at radius 1 is 0.871 bits per heavy atom. The predicted octanol–water partition coefficient (Wildman–Crippen LogP) is 4.93. The van der Waals surface area contributed by atoms with Crippen molar-refractivity contribution >= 4 is 17.0 Å². The van der Waals surface area contributed by atoms with Crippen LogP contribution in [-0.4, -0.2) is 55.2 Å². The molecule has 2 aliphatic rings. The molecule has 1 aliphatic heterocycles. The lowest BCUT2D eigenvalue weighted by Crippen LogP contribution is -2.53. The van der Waals surface area contributed by atoms with E-state index in [1.54, 1.807) is 11.1 Å². The molecule has 1 fully saturated rings. The smallest absolute Gasteiger partial charge is 0.0510 e. The number of hydrogen-bond donors (Lipinski definition) is 0. The number of hydrogen-bond acceptors (Lipinski definition) is 4. The minimum atomic E-state index is 0.653. The standard InChI is InChI=1S/C27H33N3S/c1-2-8-26(9-3-1)29-17-15-28(16-18-29)22-30(14-12-23-13-19-31-21-23)27-11-10-24-6-4-5-7-25(24)20-27/h1-9,13,19,21,27H,10-12,14-18,20,22H2. The number of para-hydroxylation sites is 1. The molecule has 3 nitrogen and oxygen atoms in total. The van der Waals surface area contributed by atoms with Crippen LogP contribution >= 0.6 is 11.3 Å². The van der Waals surface area contributed by atoms with Crippen molar-refractivity contribution in [2.45, 2.75) is 31.7 Å². The molecule has 31 heavy (non-hydrogen) atoms. The first-order valence-electron chi connectivity index (χ1n) is 11.7. The summed E-state index contributed by atoms with van der Waals surface area (Å²) in [5.74, 6) is 0. The van der Waals surface area contributed by atoms with E-state index in [1.165, 1.54) is 30.5 Å². The highest BCUT2D eigenvalue weighted by Gasteiger charge is 2.27. The number of benzene rings is 2. The highest BCUT2D eigenvalue weighted by molar-refractivity contribution is 7.07. The third-order valence-electron chi connectivity index (χ3n) is 6.98.